The van der Waals surface area contributed by atoms with Gasteiger partial charge in [0, 0.05) is 64.8 Å². The summed E-state index contributed by atoms with van der Waals surface area (Å²) < 4.78 is 24.6. The van der Waals surface area contributed by atoms with Crippen LogP contribution >= 0.6 is 0 Å². The largest absolute Gasteiger partial charge is 0.381 e. The van der Waals surface area contributed by atoms with Crippen LogP contribution in [-0.4, -0.2) is 65.1 Å². The number of halogens is 1. The van der Waals surface area contributed by atoms with Crippen LogP contribution in [0.1, 0.15) is 37.7 Å². The Bertz CT molecular complexity index is 679. The fourth-order valence-corrected chi connectivity index (χ4v) is 4.22. The molecule has 2 heterocycles. The lowest BCUT2D eigenvalue weighted by Crippen LogP contribution is -2.51. The third-order valence-electron chi connectivity index (χ3n) is 5.94. The van der Waals surface area contributed by atoms with Crippen LogP contribution < -0.4 is 15.5 Å². The lowest BCUT2D eigenvalue weighted by atomic mass is 10.0. The van der Waals surface area contributed by atoms with Crippen LogP contribution in [0.5, 0.6) is 0 Å². The zero-order valence-electron chi connectivity index (χ0n) is 18.5. The Hall–Kier alpha value is -1.86. The van der Waals surface area contributed by atoms with E-state index in [0.717, 1.165) is 95.4 Å². The van der Waals surface area contributed by atoms with E-state index < -0.39 is 0 Å². The molecule has 6 nitrogen and oxygen atoms in total. The van der Waals surface area contributed by atoms with E-state index in [1.807, 2.05) is 20.0 Å². The van der Waals surface area contributed by atoms with E-state index in [1.165, 1.54) is 0 Å². The molecule has 0 bridgehead atoms. The molecule has 3 rings (SSSR count). The quantitative estimate of drug-likeness (QED) is 0.385. The van der Waals surface area contributed by atoms with Gasteiger partial charge in [-0.1, -0.05) is 0 Å². The summed E-state index contributed by atoms with van der Waals surface area (Å²) in [4.78, 5) is 6.71. The van der Waals surface area contributed by atoms with E-state index >= 15 is 0 Å². The van der Waals surface area contributed by atoms with Crippen LogP contribution in [0, 0.1) is 18.7 Å². The SMILES string of the molecule is CN=C(NCCCOCC1CCOCC1)NC1CCCN(c2ccc(F)cc2C)C1. The van der Waals surface area contributed by atoms with Gasteiger partial charge in [-0.3, -0.25) is 4.99 Å². The molecule has 2 saturated heterocycles. The normalized spacial score (nSPS) is 21.0. The Kier molecular flexibility index (Phi) is 9.21. The molecule has 2 N–H and O–H groups in total. The molecule has 0 aromatic heterocycles. The molecule has 2 fully saturated rings. The molecule has 0 spiro atoms. The van der Waals surface area contributed by atoms with Gasteiger partial charge < -0.3 is 25.0 Å². The maximum atomic E-state index is 13.4. The fourth-order valence-electron chi connectivity index (χ4n) is 4.22. The summed E-state index contributed by atoms with van der Waals surface area (Å²) in [6, 6.07) is 5.36. The van der Waals surface area contributed by atoms with Gasteiger partial charge in [0.1, 0.15) is 5.82 Å². The van der Waals surface area contributed by atoms with Crippen LogP contribution in [0.15, 0.2) is 23.2 Å². The number of aryl methyl sites for hydroxylation is 1. The van der Waals surface area contributed by atoms with E-state index in [9.17, 15) is 4.39 Å². The number of piperidine rings is 1. The second-order valence-corrected chi connectivity index (χ2v) is 8.34. The minimum atomic E-state index is -0.177. The van der Waals surface area contributed by atoms with Crippen LogP contribution in [0.2, 0.25) is 0 Å². The summed E-state index contributed by atoms with van der Waals surface area (Å²) in [5.74, 6) is 1.31. The van der Waals surface area contributed by atoms with Gasteiger partial charge in [-0.2, -0.15) is 0 Å². The number of rotatable bonds is 8. The van der Waals surface area contributed by atoms with Crippen molar-refractivity contribution < 1.29 is 13.9 Å². The first-order chi connectivity index (χ1) is 14.7. The number of benzene rings is 1. The first kappa shape index (κ1) is 22.8. The summed E-state index contributed by atoms with van der Waals surface area (Å²) in [6.45, 7) is 8.05. The number of guanidine groups is 1. The minimum absolute atomic E-state index is 0.177. The zero-order valence-corrected chi connectivity index (χ0v) is 18.5. The van der Waals surface area contributed by atoms with Crippen LogP contribution in [0.4, 0.5) is 10.1 Å². The van der Waals surface area contributed by atoms with Crippen molar-refractivity contribution in [2.24, 2.45) is 10.9 Å². The minimum Gasteiger partial charge on any atom is -0.381 e. The highest BCUT2D eigenvalue weighted by Crippen LogP contribution is 2.24. The molecule has 30 heavy (non-hydrogen) atoms. The molecule has 0 amide bonds. The maximum Gasteiger partial charge on any atom is 0.191 e. The molecular weight excluding hydrogens is 383 g/mol. The van der Waals surface area contributed by atoms with Crippen LogP contribution in [-0.2, 0) is 9.47 Å². The molecule has 0 radical (unpaired) electrons. The van der Waals surface area contributed by atoms with Crippen molar-refractivity contribution in [1.29, 1.82) is 0 Å². The predicted molar refractivity (Wildman–Crippen MR) is 120 cm³/mol. The number of anilines is 1. The summed E-state index contributed by atoms with van der Waals surface area (Å²) in [6.07, 6.45) is 5.39. The average Bonchev–Trinajstić information content (AvgIpc) is 2.76. The van der Waals surface area contributed by atoms with E-state index in [4.69, 9.17) is 9.47 Å². The fraction of sp³-hybridized carbons (Fsp3) is 0.696. The molecule has 0 saturated carbocycles. The van der Waals surface area contributed by atoms with Crippen molar-refractivity contribution in [2.45, 2.75) is 45.1 Å². The number of nitrogens with zero attached hydrogens (tertiary/aromatic N) is 2. The van der Waals surface area contributed by atoms with Crippen molar-refractivity contribution in [3.8, 4) is 0 Å². The topological polar surface area (TPSA) is 58.1 Å². The van der Waals surface area contributed by atoms with Crippen molar-refractivity contribution in [3.05, 3.63) is 29.6 Å². The summed E-state index contributed by atoms with van der Waals surface area (Å²) in [5.41, 5.74) is 2.10. The van der Waals surface area contributed by atoms with Gasteiger partial charge in [0.25, 0.3) is 0 Å². The highest BCUT2D eigenvalue weighted by molar-refractivity contribution is 5.80. The van der Waals surface area contributed by atoms with Gasteiger partial charge in [0.15, 0.2) is 5.96 Å². The van der Waals surface area contributed by atoms with Gasteiger partial charge in [-0.05, 0) is 68.7 Å². The maximum absolute atomic E-state index is 13.4. The van der Waals surface area contributed by atoms with Crippen molar-refractivity contribution in [2.75, 3.05) is 58.0 Å². The second kappa shape index (κ2) is 12.1. The third-order valence-corrected chi connectivity index (χ3v) is 5.94. The molecule has 1 aromatic rings. The van der Waals surface area contributed by atoms with Crippen LogP contribution in [0.25, 0.3) is 0 Å². The lowest BCUT2D eigenvalue weighted by Gasteiger charge is -2.36. The Morgan fingerprint density at radius 1 is 1.30 bits per heavy atom. The van der Waals surface area contributed by atoms with Crippen molar-refractivity contribution in [1.82, 2.24) is 10.6 Å². The van der Waals surface area contributed by atoms with Crippen molar-refractivity contribution in [3.63, 3.8) is 0 Å². The molecule has 0 aliphatic carbocycles. The van der Waals surface area contributed by atoms with Gasteiger partial charge in [0.05, 0.1) is 0 Å². The van der Waals surface area contributed by atoms with Gasteiger partial charge >= 0.3 is 0 Å². The van der Waals surface area contributed by atoms with Gasteiger partial charge in [0.2, 0.25) is 0 Å². The summed E-state index contributed by atoms with van der Waals surface area (Å²) >= 11 is 0. The van der Waals surface area contributed by atoms with E-state index in [0.29, 0.717) is 12.0 Å². The van der Waals surface area contributed by atoms with E-state index in [-0.39, 0.29) is 5.82 Å². The standard InChI is InChI=1S/C23H37FN4O2/c1-18-15-20(24)6-7-22(18)28-11-3-5-21(16-28)27-23(25-2)26-10-4-12-30-17-19-8-13-29-14-9-19/h6-7,15,19,21H,3-5,8-14,16-17H2,1-2H3,(H2,25,26,27). The highest BCUT2D eigenvalue weighted by Gasteiger charge is 2.22. The third kappa shape index (κ3) is 7.13. The molecule has 2 aliphatic heterocycles. The molecule has 1 atom stereocenters. The number of aliphatic imine (C=N–C) groups is 1. The van der Waals surface area contributed by atoms with Crippen molar-refractivity contribution >= 4 is 11.6 Å². The zero-order chi connectivity index (χ0) is 21.2. The van der Waals surface area contributed by atoms with E-state index in [2.05, 4.69) is 20.5 Å². The Balaban J connectivity index is 1.35. The van der Waals surface area contributed by atoms with E-state index in [1.54, 1.807) is 12.1 Å². The smallest absolute Gasteiger partial charge is 0.191 e. The molecule has 2 aliphatic rings. The molecule has 168 valence electrons. The number of hydrogen-bond donors (Lipinski definition) is 2. The number of ether oxygens (including phenoxy) is 2. The average molecular weight is 421 g/mol. The molecular formula is C23H37FN4O2. The molecule has 1 aromatic carbocycles. The highest BCUT2D eigenvalue weighted by atomic mass is 19.1. The van der Waals surface area contributed by atoms with Gasteiger partial charge in [-0.15, -0.1) is 0 Å². The molecule has 1 unspecified atom stereocenters. The Morgan fingerprint density at radius 3 is 2.90 bits per heavy atom. The number of nitrogens with one attached hydrogen (secondary N) is 2. The first-order valence-electron chi connectivity index (χ1n) is 11.3. The van der Waals surface area contributed by atoms with Crippen LogP contribution in [0.3, 0.4) is 0 Å². The second-order valence-electron chi connectivity index (χ2n) is 8.34. The van der Waals surface area contributed by atoms with Gasteiger partial charge in [-0.25, -0.2) is 4.39 Å². The number of hydrogen-bond acceptors (Lipinski definition) is 4. The lowest BCUT2D eigenvalue weighted by molar-refractivity contribution is 0.0203. The first-order valence-corrected chi connectivity index (χ1v) is 11.3. The predicted octanol–water partition coefficient (Wildman–Crippen LogP) is 3.10. The Morgan fingerprint density at radius 2 is 2.13 bits per heavy atom. The molecule has 7 heteroatoms. The monoisotopic (exact) mass is 420 g/mol. The Labute approximate surface area is 180 Å². The summed E-state index contributed by atoms with van der Waals surface area (Å²) in [7, 11) is 1.81. The summed E-state index contributed by atoms with van der Waals surface area (Å²) in [5, 5.41) is 6.95.